The van der Waals surface area contributed by atoms with Gasteiger partial charge in [0.15, 0.2) is 0 Å². The highest BCUT2D eigenvalue weighted by Gasteiger charge is 2.15. The van der Waals surface area contributed by atoms with Crippen LogP contribution in [0.3, 0.4) is 0 Å². The predicted octanol–water partition coefficient (Wildman–Crippen LogP) is 2.41. The monoisotopic (exact) mass is 344 g/mol. The second kappa shape index (κ2) is 5.36. The van der Waals surface area contributed by atoms with Crippen LogP contribution in [0.25, 0.3) is 0 Å². The highest BCUT2D eigenvalue weighted by Crippen LogP contribution is 2.22. The second-order valence-electron chi connectivity index (χ2n) is 4.02. The Hall–Kier alpha value is -1.31. The molecule has 1 aromatic heterocycles. The topological polar surface area (TPSA) is 85.3 Å². The highest BCUT2D eigenvalue weighted by molar-refractivity contribution is 9.10. The Morgan fingerprint density at radius 3 is 2.63 bits per heavy atom. The third-order valence-electron chi connectivity index (χ3n) is 2.51. The van der Waals surface area contributed by atoms with Crippen LogP contribution in [0, 0.1) is 6.92 Å². The number of hydrogen-bond donors (Lipinski definition) is 2. The summed E-state index contributed by atoms with van der Waals surface area (Å²) in [6, 6.07) is 7.99. The third-order valence-corrected chi connectivity index (χ3v) is 4.63. The zero-order valence-corrected chi connectivity index (χ0v) is 12.6. The number of benzene rings is 1. The summed E-state index contributed by atoms with van der Waals surface area (Å²) in [4.78, 5) is 0.122. The first-order valence-corrected chi connectivity index (χ1v) is 7.76. The highest BCUT2D eigenvalue weighted by atomic mass is 79.9. The molecule has 5 nitrogen and oxygen atoms in total. The van der Waals surface area contributed by atoms with E-state index in [9.17, 15) is 8.42 Å². The number of nitrogens with two attached hydrogens (primary N) is 1. The van der Waals surface area contributed by atoms with Gasteiger partial charge in [-0.2, -0.15) is 0 Å². The summed E-state index contributed by atoms with van der Waals surface area (Å²) in [7, 11) is -3.60. The molecule has 2 rings (SSSR count). The van der Waals surface area contributed by atoms with Gasteiger partial charge < -0.3 is 10.2 Å². The largest absolute Gasteiger partial charge is 0.465 e. The van der Waals surface area contributed by atoms with Crippen LogP contribution in [0.1, 0.15) is 11.5 Å². The van der Waals surface area contributed by atoms with E-state index in [4.69, 9.17) is 10.2 Å². The van der Waals surface area contributed by atoms with E-state index in [-0.39, 0.29) is 11.4 Å². The summed E-state index contributed by atoms with van der Waals surface area (Å²) in [5, 5.41) is 0. The van der Waals surface area contributed by atoms with Crippen molar-refractivity contribution in [3.8, 4) is 0 Å². The molecule has 102 valence electrons. The molecule has 0 radical (unpaired) electrons. The second-order valence-corrected chi connectivity index (χ2v) is 6.64. The first-order chi connectivity index (χ1) is 8.88. The molecule has 0 atom stereocenters. The van der Waals surface area contributed by atoms with Crippen molar-refractivity contribution >= 4 is 31.6 Å². The summed E-state index contributed by atoms with van der Waals surface area (Å²) >= 11 is 3.22. The molecule has 7 heteroatoms. The molecule has 0 aliphatic carbocycles. The number of halogens is 1. The Morgan fingerprint density at radius 2 is 2.05 bits per heavy atom. The lowest BCUT2D eigenvalue weighted by Gasteiger charge is -2.07. The van der Waals surface area contributed by atoms with Crippen molar-refractivity contribution < 1.29 is 12.8 Å². The third kappa shape index (κ3) is 3.37. The SMILES string of the molecule is Cc1ccc(CNS(=O)(=O)c2ccc(Br)c(N)c2)o1. The molecular weight excluding hydrogens is 332 g/mol. The van der Waals surface area contributed by atoms with Gasteiger partial charge in [0.2, 0.25) is 10.0 Å². The first-order valence-electron chi connectivity index (χ1n) is 5.48. The lowest BCUT2D eigenvalue weighted by molar-refractivity contribution is 0.475. The van der Waals surface area contributed by atoms with Crippen LogP contribution in [-0.2, 0) is 16.6 Å². The molecule has 0 amide bonds. The number of furan rings is 1. The van der Waals surface area contributed by atoms with Crippen LogP contribution in [0.5, 0.6) is 0 Å². The van der Waals surface area contributed by atoms with Crippen molar-refractivity contribution in [2.45, 2.75) is 18.4 Å². The molecule has 3 N–H and O–H groups in total. The van der Waals surface area contributed by atoms with E-state index in [2.05, 4.69) is 20.7 Å². The van der Waals surface area contributed by atoms with E-state index >= 15 is 0 Å². The zero-order chi connectivity index (χ0) is 14.0. The van der Waals surface area contributed by atoms with E-state index in [1.807, 2.05) is 0 Å². The molecule has 0 aliphatic rings. The van der Waals surface area contributed by atoms with E-state index in [0.29, 0.717) is 15.9 Å². The first kappa shape index (κ1) is 14.1. The fourth-order valence-corrected chi connectivity index (χ4v) is 2.79. The Kier molecular flexibility index (Phi) is 3.98. The van der Waals surface area contributed by atoms with Crippen molar-refractivity contribution in [3.05, 3.63) is 46.3 Å². The van der Waals surface area contributed by atoms with Gasteiger partial charge in [-0.1, -0.05) is 0 Å². The smallest absolute Gasteiger partial charge is 0.241 e. The van der Waals surface area contributed by atoms with Gasteiger partial charge in [0.25, 0.3) is 0 Å². The van der Waals surface area contributed by atoms with Crippen molar-refractivity contribution in [1.29, 1.82) is 0 Å². The molecule has 0 spiro atoms. The van der Waals surface area contributed by atoms with Crippen molar-refractivity contribution in [3.63, 3.8) is 0 Å². The number of aryl methyl sites for hydroxylation is 1. The minimum Gasteiger partial charge on any atom is -0.465 e. The Bertz CT molecular complexity index is 695. The summed E-state index contributed by atoms with van der Waals surface area (Å²) in [6.07, 6.45) is 0. The molecule has 2 aromatic rings. The molecule has 0 bridgehead atoms. The number of nitrogens with one attached hydrogen (secondary N) is 1. The van der Waals surface area contributed by atoms with Gasteiger partial charge in [-0.05, 0) is 53.2 Å². The fraction of sp³-hybridized carbons (Fsp3) is 0.167. The number of sulfonamides is 1. The summed E-state index contributed by atoms with van der Waals surface area (Å²) in [6.45, 7) is 1.90. The van der Waals surface area contributed by atoms with Crippen molar-refractivity contribution in [2.24, 2.45) is 0 Å². The van der Waals surface area contributed by atoms with Crippen LogP contribution in [0.15, 0.2) is 44.1 Å². The van der Waals surface area contributed by atoms with Gasteiger partial charge in [0.1, 0.15) is 11.5 Å². The minimum atomic E-state index is -3.60. The average molecular weight is 345 g/mol. The van der Waals surface area contributed by atoms with Crippen LogP contribution in [-0.4, -0.2) is 8.42 Å². The van der Waals surface area contributed by atoms with E-state index < -0.39 is 10.0 Å². The lowest BCUT2D eigenvalue weighted by atomic mass is 10.3. The molecule has 1 heterocycles. The van der Waals surface area contributed by atoms with E-state index in [0.717, 1.165) is 5.76 Å². The lowest BCUT2D eigenvalue weighted by Crippen LogP contribution is -2.23. The summed E-state index contributed by atoms with van der Waals surface area (Å²) < 4.78 is 32.5. The van der Waals surface area contributed by atoms with Gasteiger partial charge in [-0.15, -0.1) is 0 Å². The van der Waals surface area contributed by atoms with E-state index in [1.165, 1.54) is 12.1 Å². The van der Waals surface area contributed by atoms with Gasteiger partial charge in [0.05, 0.1) is 11.4 Å². The molecule has 0 unspecified atom stereocenters. The molecule has 0 saturated heterocycles. The maximum absolute atomic E-state index is 12.1. The molecule has 1 aromatic carbocycles. The van der Waals surface area contributed by atoms with Crippen LogP contribution < -0.4 is 10.5 Å². The average Bonchev–Trinajstić information content (AvgIpc) is 2.76. The normalized spacial score (nSPS) is 11.7. The molecular formula is C12H13BrN2O3S. The van der Waals surface area contributed by atoms with Crippen molar-refractivity contribution in [2.75, 3.05) is 5.73 Å². The van der Waals surface area contributed by atoms with E-state index in [1.54, 1.807) is 25.1 Å². The molecule has 0 aliphatic heterocycles. The molecule has 0 fully saturated rings. The maximum Gasteiger partial charge on any atom is 0.241 e. The van der Waals surface area contributed by atoms with Gasteiger partial charge in [0, 0.05) is 10.2 Å². The number of nitrogen functional groups attached to an aromatic ring is 1. The fourth-order valence-electron chi connectivity index (χ4n) is 1.52. The Labute approximate surface area is 120 Å². The van der Waals surface area contributed by atoms with Gasteiger partial charge >= 0.3 is 0 Å². The number of hydrogen-bond acceptors (Lipinski definition) is 4. The Morgan fingerprint density at radius 1 is 1.32 bits per heavy atom. The minimum absolute atomic E-state index is 0.103. The Balaban J connectivity index is 2.16. The van der Waals surface area contributed by atoms with Crippen LogP contribution in [0.4, 0.5) is 5.69 Å². The van der Waals surface area contributed by atoms with Crippen LogP contribution in [0.2, 0.25) is 0 Å². The molecule has 19 heavy (non-hydrogen) atoms. The number of anilines is 1. The van der Waals surface area contributed by atoms with Gasteiger partial charge in [-0.25, -0.2) is 13.1 Å². The van der Waals surface area contributed by atoms with Crippen molar-refractivity contribution in [1.82, 2.24) is 4.72 Å². The molecule has 0 saturated carbocycles. The van der Waals surface area contributed by atoms with Gasteiger partial charge in [-0.3, -0.25) is 0 Å². The quantitative estimate of drug-likeness (QED) is 0.834. The summed E-state index contributed by atoms with van der Waals surface area (Å²) in [5.74, 6) is 1.30. The predicted molar refractivity (Wildman–Crippen MR) is 76.0 cm³/mol. The van der Waals surface area contributed by atoms with Crippen LogP contribution >= 0.6 is 15.9 Å². The summed E-state index contributed by atoms with van der Waals surface area (Å²) in [5.41, 5.74) is 6.04. The standard InChI is InChI=1S/C12H13BrN2O3S/c1-8-2-3-9(18-8)7-15-19(16,17)10-4-5-11(13)12(14)6-10/h2-6,15H,7,14H2,1H3. The maximum atomic E-state index is 12.1. The number of rotatable bonds is 4. The zero-order valence-electron chi connectivity index (χ0n) is 10.2.